The van der Waals surface area contributed by atoms with E-state index in [-0.39, 0.29) is 0 Å². The largest absolute Gasteiger partial charge is 0.309 e. The molecule has 0 spiro atoms. The Bertz CT molecular complexity index is 3470. The maximum atomic E-state index is 10.5. The number of allylic oxidation sites excluding steroid dienone is 2. The van der Waals surface area contributed by atoms with Crippen molar-refractivity contribution >= 4 is 60.6 Å². The monoisotopic (exact) mass is 740 g/mol. The van der Waals surface area contributed by atoms with Crippen molar-refractivity contribution in [3.05, 3.63) is 192 Å². The summed E-state index contributed by atoms with van der Waals surface area (Å²) in [7, 11) is 0. The fraction of sp³-hybridized carbons (Fsp3) is 0.0192. The highest BCUT2D eigenvalue weighted by Gasteiger charge is 2.23. The Morgan fingerprint density at radius 1 is 0.534 bits per heavy atom. The molecule has 58 heavy (non-hydrogen) atoms. The van der Waals surface area contributed by atoms with Gasteiger partial charge in [0.1, 0.15) is 0 Å². The summed E-state index contributed by atoms with van der Waals surface area (Å²) >= 11 is 0. The molecule has 270 valence electrons. The minimum atomic E-state index is 0.353. The number of rotatable bonds is 6. The molecule has 0 fully saturated rings. The first-order valence-corrected chi connectivity index (χ1v) is 19.0. The molecule has 3 heterocycles. The van der Waals surface area contributed by atoms with Crippen molar-refractivity contribution in [1.82, 2.24) is 13.7 Å². The molecule has 0 radical (unpaired) electrons. The summed E-state index contributed by atoms with van der Waals surface area (Å²) in [5.41, 5.74) is 13.1. The van der Waals surface area contributed by atoms with Gasteiger partial charge in [0.05, 0.1) is 68.3 Å². The third-order valence-electron chi connectivity index (χ3n) is 11.2. The summed E-state index contributed by atoms with van der Waals surface area (Å²) in [6, 6.07) is 58.6. The van der Waals surface area contributed by atoms with Crippen LogP contribution in [0.4, 0.5) is 0 Å². The lowest BCUT2D eigenvalue weighted by Gasteiger charge is -2.19. The summed E-state index contributed by atoms with van der Waals surface area (Å²) in [6.45, 7) is 6.09. The number of hydrogen-bond acceptors (Lipinski definition) is 3. The minimum absolute atomic E-state index is 0.353. The van der Waals surface area contributed by atoms with Crippen molar-refractivity contribution in [1.29, 1.82) is 15.8 Å². The Balaban J connectivity index is 1.29. The third kappa shape index (κ3) is 5.16. The van der Waals surface area contributed by atoms with Crippen LogP contribution in [0.15, 0.2) is 170 Å². The summed E-state index contributed by atoms with van der Waals surface area (Å²) in [5.74, 6) is 0. The van der Waals surface area contributed by atoms with Crippen LogP contribution in [0, 0.1) is 40.9 Å². The second-order valence-electron chi connectivity index (χ2n) is 14.5. The van der Waals surface area contributed by atoms with Gasteiger partial charge in [-0.15, -0.1) is 0 Å². The molecule has 10 aromatic rings. The number of hydrogen-bond donors (Lipinski definition) is 0. The summed E-state index contributed by atoms with van der Waals surface area (Å²) < 4.78 is 6.82. The van der Waals surface area contributed by atoms with Crippen LogP contribution in [0.1, 0.15) is 22.4 Å². The normalized spacial score (nSPS) is 11.5. The second-order valence-corrected chi connectivity index (χ2v) is 14.5. The Kier molecular flexibility index (Phi) is 7.91. The van der Waals surface area contributed by atoms with Crippen LogP contribution in [0.5, 0.6) is 0 Å². The molecule has 0 bridgehead atoms. The average molecular weight is 741 g/mol. The van der Waals surface area contributed by atoms with Gasteiger partial charge in [0.2, 0.25) is 0 Å². The highest BCUT2D eigenvalue weighted by Crippen LogP contribution is 2.42. The number of aromatic nitrogens is 3. The molecule has 0 atom stereocenters. The highest BCUT2D eigenvalue weighted by atomic mass is 15.1. The SMILES string of the molecule is C=C(C#N)/C=C\c1c(C)c2cccc(-n3c4ccccc4c4ccccc43)c2n1-c1ccccc1-c1cc(C#N)cc(-n2c3ccccc3c3cc(C#N)ccc32)c1. The van der Waals surface area contributed by atoms with Crippen molar-refractivity contribution in [2.75, 3.05) is 0 Å². The van der Waals surface area contributed by atoms with Crippen molar-refractivity contribution in [3.63, 3.8) is 0 Å². The van der Waals surface area contributed by atoms with Crippen molar-refractivity contribution < 1.29 is 0 Å². The van der Waals surface area contributed by atoms with Crippen molar-refractivity contribution in [2.24, 2.45) is 0 Å². The van der Waals surface area contributed by atoms with E-state index in [9.17, 15) is 15.8 Å². The molecule has 0 saturated carbocycles. The van der Waals surface area contributed by atoms with Gasteiger partial charge in [0.15, 0.2) is 0 Å². The molecule has 10 rings (SSSR count). The molecule has 0 saturated heterocycles. The zero-order valence-corrected chi connectivity index (χ0v) is 31.5. The van der Waals surface area contributed by atoms with Crippen LogP contribution in [-0.4, -0.2) is 13.7 Å². The van der Waals surface area contributed by atoms with Crippen LogP contribution >= 0.6 is 0 Å². The van der Waals surface area contributed by atoms with E-state index < -0.39 is 0 Å². The molecule has 0 aliphatic carbocycles. The van der Waals surface area contributed by atoms with Gasteiger partial charge in [0, 0.05) is 49.4 Å². The summed E-state index contributed by atoms with van der Waals surface area (Å²) in [5, 5.41) is 35.4. The van der Waals surface area contributed by atoms with E-state index in [0.29, 0.717) is 16.7 Å². The van der Waals surface area contributed by atoms with Crippen LogP contribution in [-0.2, 0) is 0 Å². The molecular weight excluding hydrogens is 709 g/mol. The molecular formula is C52H32N6. The molecule has 0 unspecified atom stereocenters. The van der Waals surface area contributed by atoms with Gasteiger partial charge < -0.3 is 13.7 Å². The second kappa shape index (κ2) is 13.4. The van der Waals surface area contributed by atoms with E-state index in [2.05, 4.69) is 142 Å². The van der Waals surface area contributed by atoms with Gasteiger partial charge in [-0.05, 0) is 96.9 Å². The Morgan fingerprint density at radius 3 is 1.81 bits per heavy atom. The molecule has 0 aliphatic heterocycles. The van der Waals surface area contributed by atoms with Gasteiger partial charge >= 0.3 is 0 Å². The Morgan fingerprint density at radius 2 is 1.12 bits per heavy atom. The zero-order chi connectivity index (χ0) is 39.5. The number of para-hydroxylation sites is 5. The van der Waals surface area contributed by atoms with Crippen LogP contribution in [0.2, 0.25) is 0 Å². The lowest BCUT2D eigenvalue weighted by molar-refractivity contribution is 1.08. The van der Waals surface area contributed by atoms with Gasteiger partial charge in [0.25, 0.3) is 0 Å². The molecule has 0 amide bonds. The van der Waals surface area contributed by atoms with Crippen LogP contribution in [0.3, 0.4) is 0 Å². The lowest BCUT2D eigenvalue weighted by Crippen LogP contribution is -2.04. The minimum Gasteiger partial charge on any atom is -0.309 e. The molecule has 3 aromatic heterocycles. The summed E-state index contributed by atoms with van der Waals surface area (Å²) in [6.07, 6.45) is 3.76. The van der Waals surface area contributed by atoms with Gasteiger partial charge in [-0.3, -0.25) is 0 Å². The highest BCUT2D eigenvalue weighted by molar-refractivity contribution is 6.11. The fourth-order valence-corrected chi connectivity index (χ4v) is 8.72. The number of benzene rings is 7. The Hall–Kier alpha value is -8.37. The first-order valence-electron chi connectivity index (χ1n) is 19.0. The average Bonchev–Trinajstić information content (AvgIpc) is 3.90. The van der Waals surface area contributed by atoms with E-state index in [4.69, 9.17) is 0 Å². The fourth-order valence-electron chi connectivity index (χ4n) is 8.72. The molecule has 0 aliphatic rings. The lowest BCUT2D eigenvalue weighted by atomic mass is 10.00. The standard InChI is InChI=1S/C52H32N6/c1-33(30-53)22-24-45-34(2)39-16-11-21-51(57-48-19-9-4-13-41(48)42-14-5-10-20-49(42)57)52(39)58(45)46-17-7-3-12-40(46)37-26-36(32-55)27-38(29-37)56-47-18-8-6-15-43(47)44-28-35(31-54)23-25-50(44)56/h3-29H,1H2,2H3/b24-22-. The predicted octanol–water partition coefficient (Wildman–Crippen LogP) is 12.6. The van der Waals surface area contributed by atoms with E-state index in [1.165, 1.54) is 10.8 Å². The molecule has 0 N–H and O–H groups in total. The van der Waals surface area contributed by atoms with Crippen LogP contribution < -0.4 is 0 Å². The van der Waals surface area contributed by atoms with Gasteiger partial charge in [-0.25, -0.2) is 0 Å². The summed E-state index contributed by atoms with van der Waals surface area (Å²) in [4.78, 5) is 0. The maximum absolute atomic E-state index is 10.5. The van der Waals surface area contributed by atoms with Crippen molar-refractivity contribution in [3.8, 4) is 46.4 Å². The van der Waals surface area contributed by atoms with E-state index >= 15 is 0 Å². The number of fused-ring (bicyclic) bond motifs is 7. The van der Waals surface area contributed by atoms with Crippen molar-refractivity contribution in [2.45, 2.75) is 6.92 Å². The third-order valence-corrected chi connectivity index (χ3v) is 11.2. The van der Waals surface area contributed by atoms with E-state index in [1.54, 1.807) is 6.08 Å². The zero-order valence-electron chi connectivity index (χ0n) is 31.5. The first-order chi connectivity index (χ1) is 28.5. The quantitative estimate of drug-likeness (QED) is 0.126. The smallest absolute Gasteiger partial charge is 0.0992 e. The number of aryl methyl sites for hydroxylation is 1. The predicted molar refractivity (Wildman–Crippen MR) is 235 cm³/mol. The maximum Gasteiger partial charge on any atom is 0.0992 e. The van der Waals surface area contributed by atoms with Crippen LogP contribution in [0.25, 0.3) is 88.8 Å². The van der Waals surface area contributed by atoms with Gasteiger partial charge in [-0.2, -0.15) is 15.8 Å². The van der Waals surface area contributed by atoms with Gasteiger partial charge in [-0.1, -0.05) is 91.5 Å². The van der Waals surface area contributed by atoms with E-state index in [1.807, 2.05) is 60.7 Å². The number of nitrogens with zero attached hydrogens (tertiary/aromatic N) is 6. The first kappa shape index (κ1) is 34.1. The topological polar surface area (TPSA) is 86.2 Å². The molecule has 7 aromatic carbocycles. The van der Waals surface area contributed by atoms with E-state index in [0.717, 1.165) is 83.2 Å². The molecule has 6 nitrogen and oxygen atoms in total. The number of nitriles is 3. The Labute approximate surface area is 334 Å². The molecule has 6 heteroatoms.